The van der Waals surface area contributed by atoms with Gasteiger partial charge in [0.15, 0.2) is 0 Å². The van der Waals surface area contributed by atoms with E-state index < -0.39 is 0 Å². The van der Waals surface area contributed by atoms with Gasteiger partial charge >= 0.3 is 0 Å². The summed E-state index contributed by atoms with van der Waals surface area (Å²) in [6.45, 7) is 8.03. The van der Waals surface area contributed by atoms with Crippen molar-refractivity contribution in [3.63, 3.8) is 0 Å². The van der Waals surface area contributed by atoms with Crippen LogP contribution in [-0.4, -0.2) is 42.6 Å². The van der Waals surface area contributed by atoms with E-state index in [0.717, 1.165) is 18.6 Å². The fourth-order valence-corrected chi connectivity index (χ4v) is 3.07. The van der Waals surface area contributed by atoms with Crippen LogP contribution in [0.1, 0.15) is 6.92 Å². The Morgan fingerprint density at radius 1 is 1.24 bits per heavy atom. The molecule has 0 saturated carbocycles. The quantitative estimate of drug-likeness (QED) is 0.812. The lowest BCUT2D eigenvalue weighted by molar-refractivity contribution is 0.271. The van der Waals surface area contributed by atoms with E-state index >= 15 is 0 Å². The lowest BCUT2D eigenvalue weighted by Crippen LogP contribution is -2.46. The molecule has 2 heterocycles. The number of aromatic nitrogens is 1. The van der Waals surface area contributed by atoms with Crippen molar-refractivity contribution in [2.45, 2.75) is 6.92 Å². The molecule has 1 aliphatic rings. The van der Waals surface area contributed by atoms with Gasteiger partial charge < -0.3 is 9.80 Å². The average molecular weight is 247 g/mol. The van der Waals surface area contributed by atoms with Crippen LogP contribution in [0, 0.1) is 0 Å². The summed E-state index contributed by atoms with van der Waals surface area (Å²) in [4.78, 5) is 9.30. The molecular formula is C13H17N3S. The predicted molar refractivity (Wildman–Crippen MR) is 73.9 cm³/mol. The Hall–Kier alpha value is -1.13. The van der Waals surface area contributed by atoms with Crippen LogP contribution in [0.3, 0.4) is 0 Å². The summed E-state index contributed by atoms with van der Waals surface area (Å²) in [5.74, 6) is 0. The molecule has 4 heteroatoms. The first-order valence-electron chi connectivity index (χ1n) is 6.17. The van der Waals surface area contributed by atoms with E-state index in [1.165, 1.54) is 30.0 Å². The van der Waals surface area contributed by atoms with Crippen molar-refractivity contribution in [1.82, 2.24) is 9.88 Å². The van der Waals surface area contributed by atoms with Gasteiger partial charge in [-0.2, -0.15) is 0 Å². The van der Waals surface area contributed by atoms with E-state index in [9.17, 15) is 0 Å². The standard InChI is InChI=1S/C13H17N3S/c1-2-15-5-7-16(8-6-15)11-3-4-12-13(9-11)17-10-14-12/h3-4,9-10H,2,5-8H2,1H3. The topological polar surface area (TPSA) is 19.4 Å². The molecule has 0 atom stereocenters. The molecule has 0 spiro atoms. The normalized spacial score (nSPS) is 17.8. The first kappa shape index (κ1) is 11.0. The molecule has 0 N–H and O–H groups in total. The highest BCUT2D eigenvalue weighted by atomic mass is 32.1. The van der Waals surface area contributed by atoms with Crippen LogP contribution in [0.4, 0.5) is 5.69 Å². The number of benzene rings is 1. The Morgan fingerprint density at radius 3 is 2.82 bits per heavy atom. The molecule has 3 rings (SSSR count). The average Bonchev–Trinajstić information content (AvgIpc) is 2.86. The van der Waals surface area contributed by atoms with Crippen molar-refractivity contribution in [3.8, 4) is 0 Å². The minimum atomic E-state index is 1.12. The molecule has 0 bridgehead atoms. The summed E-state index contributed by atoms with van der Waals surface area (Å²) < 4.78 is 1.29. The molecule has 1 saturated heterocycles. The second kappa shape index (κ2) is 4.63. The molecule has 3 nitrogen and oxygen atoms in total. The number of fused-ring (bicyclic) bond motifs is 1. The van der Waals surface area contributed by atoms with Gasteiger partial charge in [0, 0.05) is 31.9 Å². The van der Waals surface area contributed by atoms with Crippen LogP contribution in [0.2, 0.25) is 0 Å². The Labute approximate surface area is 106 Å². The number of anilines is 1. The monoisotopic (exact) mass is 247 g/mol. The fourth-order valence-electron chi connectivity index (χ4n) is 2.36. The van der Waals surface area contributed by atoms with Gasteiger partial charge in [0.2, 0.25) is 0 Å². The molecule has 0 radical (unpaired) electrons. The van der Waals surface area contributed by atoms with E-state index in [1.807, 2.05) is 5.51 Å². The Bertz CT molecular complexity index is 500. The molecule has 1 fully saturated rings. The summed E-state index contributed by atoms with van der Waals surface area (Å²) in [5.41, 5.74) is 4.38. The third kappa shape index (κ3) is 2.15. The Kier molecular flexibility index (Phi) is 2.99. The Balaban J connectivity index is 1.79. The smallest absolute Gasteiger partial charge is 0.0813 e. The number of nitrogens with zero attached hydrogens (tertiary/aromatic N) is 3. The maximum atomic E-state index is 4.32. The largest absolute Gasteiger partial charge is 0.369 e. The maximum Gasteiger partial charge on any atom is 0.0813 e. The highest BCUT2D eigenvalue weighted by molar-refractivity contribution is 7.16. The second-order valence-electron chi connectivity index (χ2n) is 4.43. The van der Waals surface area contributed by atoms with Gasteiger partial charge in [-0.15, -0.1) is 11.3 Å². The van der Waals surface area contributed by atoms with Gasteiger partial charge in [-0.3, -0.25) is 0 Å². The van der Waals surface area contributed by atoms with Crippen molar-refractivity contribution in [2.24, 2.45) is 0 Å². The van der Waals surface area contributed by atoms with E-state index in [-0.39, 0.29) is 0 Å². The predicted octanol–water partition coefficient (Wildman–Crippen LogP) is 2.44. The molecular weight excluding hydrogens is 230 g/mol. The molecule has 17 heavy (non-hydrogen) atoms. The van der Waals surface area contributed by atoms with Crippen LogP contribution in [0.15, 0.2) is 23.7 Å². The van der Waals surface area contributed by atoms with Crippen LogP contribution in [0.25, 0.3) is 10.2 Å². The zero-order valence-electron chi connectivity index (χ0n) is 10.1. The van der Waals surface area contributed by atoms with Crippen LogP contribution >= 0.6 is 11.3 Å². The van der Waals surface area contributed by atoms with Crippen molar-refractivity contribution in [3.05, 3.63) is 23.7 Å². The minimum Gasteiger partial charge on any atom is -0.369 e. The van der Waals surface area contributed by atoms with Gasteiger partial charge in [0.1, 0.15) is 0 Å². The first-order valence-corrected chi connectivity index (χ1v) is 7.05. The number of likely N-dealkylation sites (N-methyl/N-ethyl adjacent to an activating group) is 1. The molecule has 0 unspecified atom stereocenters. The van der Waals surface area contributed by atoms with Crippen molar-refractivity contribution in [2.75, 3.05) is 37.6 Å². The van der Waals surface area contributed by atoms with E-state index in [0.29, 0.717) is 0 Å². The van der Waals surface area contributed by atoms with Crippen molar-refractivity contribution in [1.29, 1.82) is 0 Å². The SMILES string of the molecule is CCN1CCN(c2ccc3ncsc3c2)CC1. The highest BCUT2D eigenvalue weighted by Crippen LogP contribution is 2.25. The molecule has 2 aromatic rings. The zero-order valence-corrected chi connectivity index (χ0v) is 10.9. The summed E-state index contributed by atoms with van der Waals surface area (Å²) in [6.07, 6.45) is 0. The molecule has 90 valence electrons. The van der Waals surface area contributed by atoms with Crippen molar-refractivity contribution < 1.29 is 0 Å². The third-order valence-electron chi connectivity index (χ3n) is 3.50. The summed E-state index contributed by atoms with van der Waals surface area (Å²) >= 11 is 1.72. The number of thiazole rings is 1. The van der Waals surface area contributed by atoms with Gasteiger partial charge in [-0.05, 0) is 24.7 Å². The first-order chi connectivity index (χ1) is 8.36. The Morgan fingerprint density at radius 2 is 2.06 bits per heavy atom. The van der Waals surface area contributed by atoms with Gasteiger partial charge in [0.05, 0.1) is 15.7 Å². The van der Waals surface area contributed by atoms with E-state index in [1.54, 1.807) is 11.3 Å². The highest BCUT2D eigenvalue weighted by Gasteiger charge is 2.16. The van der Waals surface area contributed by atoms with Crippen LogP contribution < -0.4 is 4.90 Å². The number of rotatable bonds is 2. The molecule has 0 amide bonds. The molecule has 1 aromatic carbocycles. The molecule has 1 aliphatic heterocycles. The lowest BCUT2D eigenvalue weighted by Gasteiger charge is -2.35. The molecule has 1 aromatic heterocycles. The summed E-state index contributed by atoms with van der Waals surface area (Å²) in [5, 5.41) is 0. The van der Waals surface area contributed by atoms with E-state index in [2.05, 4.69) is 39.9 Å². The van der Waals surface area contributed by atoms with Crippen molar-refractivity contribution >= 4 is 27.2 Å². The van der Waals surface area contributed by atoms with Crippen LogP contribution in [0.5, 0.6) is 0 Å². The van der Waals surface area contributed by atoms with Crippen LogP contribution in [-0.2, 0) is 0 Å². The van der Waals surface area contributed by atoms with E-state index in [4.69, 9.17) is 0 Å². The minimum absolute atomic E-state index is 1.12. The maximum absolute atomic E-state index is 4.32. The lowest BCUT2D eigenvalue weighted by atomic mass is 10.2. The summed E-state index contributed by atoms with van der Waals surface area (Å²) in [6, 6.07) is 6.60. The van der Waals surface area contributed by atoms with Gasteiger partial charge in [-0.1, -0.05) is 6.92 Å². The third-order valence-corrected chi connectivity index (χ3v) is 4.29. The second-order valence-corrected chi connectivity index (χ2v) is 5.31. The van der Waals surface area contributed by atoms with Gasteiger partial charge in [-0.25, -0.2) is 4.98 Å². The number of hydrogen-bond donors (Lipinski definition) is 0. The zero-order chi connectivity index (χ0) is 11.7. The number of hydrogen-bond acceptors (Lipinski definition) is 4. The number of piperazine rings is 1. The van der Waals surface area contributed by atoms with Gasteiger partial charge in [0.25, 0.3) is 0 Å². The summed E-state index contributed by atoms with van der Waals surface area (Å²) in [7, 11) is 0. The molecule has 0 aliphatic carbocycles. The fraction of sp³-hybridized carbons (Fsp3) is 0.462.